The van der Waals surface area contributed by atoms with Crippen molar-refractivity contribution in [2.24, 2.45) is 0 Å². The van der Waals surface area contributed by atoms with Gasteiger partial charge in [-0.05, 0) is 68.8 Å². The highest BCUT2D eigenvalue weighted by atomic mass is 35.5. The van der Waals surface area contributed by atoms with E-state index >= 15 is 0 Å². The summed E-state index contributed by atoms with van der Waals surface area (Å²) in [7, 11) is 0. The maximum atomic E-state index is 6.29. The summed E-state index contributed by atoms with van der Waals surface area (Å²) in [5.74, 6) is 0. The molecule has 0 aliphatic heterocycles. The zero-order chi connectivity index (χ0) is 14.8. The van der Waals surface area contributed by atoms with Crippen molar-refractivity contribution in [2.45, 2.75) is 52.0 Å². The summed E-state index contributed by atoms with van der Waals surface area (Å²) in [6.45, 7) is 5.36. The molecule has 0 bridgehead atoms. The molecule has 1 aliphatic rings. The zero-order valence-electron chi connectivity index (χ0n) is 12.7. The highest BCUT2D eigenvalue weighted by Gasteiger charge is 2.22. The van der Waals surface area contributed by atoms with E-state index < -0.39 is 0 Å². The average molecular weight is 340 g/mol. The Labute approximate surface area is 140 Å². The normalized spacial score (nSPS) is 16.0. The van der Waals surface area contributed by atoms with Gasteiger partial charge in [0.15, 0.2) is 0 Å². The number of fused-ring (bicyclic) bond motifs is 1. The predicted molar refractivity (Wildman–Crippen MR) is 95.2 cm³/mol. The molecule has 2 aromatic rings. The summed E-state index contributed by atoms with van der Waals surface area (Å²) in [4.78, 5) is 4.43. The van der Waals surface area contributed by atoms with Crippen LogP contribution in [0.2, 0.25) is 4.34 Å². The molecule has 0 aromatic carbocycles. The van der Waals surface area contributed by atoms with E-state index in [2.05, 4.69) is 31.3 Å². The number of rotatable bonds is 5. The summed E-state index contributed by atoms with van der Waals surface area (Å²) in [6.07, 6.45) is 6.38. The number of hydrogen-bond acceptors (Lipinski definition) is 3. The van der Waals surface area contributed by atoms with Crippen LogP contribution in [0.1, 0.15) is 58.0 Å². The third-order valence-electron chi connectivity index (χ3n) is 4.06. The van der Waals surface area contributed by atoms with Gasteiger partial charge in [-0.15, -0.1) is 22.7 Å². The lowest BCUT2D eigenvalue weighted by Crippen LogP contribution is -2.21. The molecular weight excluding hydrogens is 318 g/mol. The molecule has 4 heteroatoms. The molecule has 3 rings (SSSR count). The van der Waals surface area contributed by atoms with Crippen molar-refractivity contribution in [3.8, 4) is 0 Å². The molecule has 1 nitrogen and oxygen atoms in total. The summed E-state index contributed by atoms with van der Waals surface area (Å²) < 4.78 is 0.926. The Morgan fingerprint density at radius 3 is 2.62 bits per heavy atom. The lowest BCUT2D eigenvalue weighted by atomic mass is 9.98. The fraction of sp³-hybridized carbons (Fsp3) is 0.529. The number of nitrogens with one attached hydrogen (secondary N) is 1. The second kappa shape index (κ2) is 6.82. The Morgan fingerprint density at radius 2 is 1.95 bits per heavy atom. The van der Waals surface area contributed by atoms with Gasteiger partial charge in [0.2, 0.25) is 0 Å². The van der Waals surface area contributed by atoms with E-state index in [0.29, 0.717) is 6.04 Å². The maximum absolute atomic E-state index is 6.29. The summed E-state index contributed by atoms with van der Waals surface area (Å²) in [5, 5.41) is 3.71. The minimum absolute atomic E-state index is 0.316. The molecule has 0 saturated carbocycles. The Morgan fingerprint density at radius 1 is 1.19 bits per heavy atom. The summed E-state index contributed by atoms with van der Waals surface area (Å²) >= 11 is 10.0. The lowest BCUT2D eigenvalue weighted by Gasteiger charge is -2.15. The lowest BCUT2D eigenvalue weighted by molar-refractivity contribution is 0.612. The van der Waals surface area contributed by atoms with Crippen LogP contribution in [0.3, 0.4) is 0 Å². The molecule has 0 saturated heterocycles. The molecule has 1 aliphatic carbocycles. The highest BCUT2D eigenvalue weighted by molar-refractivity contribution is 7.17. The van der Waals surface area contributed by atoms with Gasteiger partial charge in [-0.1, -0.05) is 18.5 Å². The molecule has 0 amide bonds. The van der Waals surface area contributed by atoms with Crippen molar-refractivity contribution >= 4 is 34.3 Å². The molecule has 21 heavy (non-hydrogen) atoms. The standard InChI is InChI=1S/C17H22ClNS2/c1-3-8-19-16(14-9-11(2)17(18)21-14)15-10-12-6-4-5-7-13(12)20-15/h9-10,16,19H,3-8H2,1-2H3. The average Bonchev–Trinajstić information content (AvgIpc) is 3.04. The molecular formula is C17H22ClNS2. The van der Waals surface area contributed by atoms with Crippen LogP contribution >= 0.6 is 34.3 Å². The molecule has 2 aromatic heterocycles. The van der Waals surface area contributed by atoms with E-state index in [0.717, 1.165) is 17.3 Å². The largest absolute Gasteiger partial charge is 0.305 e. The Kier molecular flexibility index (Phi) is 5.05. The molecule has 0 radical (unpaired) electrons. The van der Waals surface area contributed by atoms with Crippen LogP contribution in [0.5, 0.6) is 0 Å². The van der Waals surface area contributed by atoms with E-state index in [1.54, 1.807) is 21.8 Å². The van der Waals surface area contributed by atoms with Gasteiger partial charge in [-0.3, -0.25) is 0 Å². The van der Waals surface area contributed by atoms with Gasteiger partial charge in [-0.25, -0.2) is 0 Å². The van der Waals surface area contributed by atoms with Crippen molar-refractivity contribution < 1.29 is 0 Å². The van der Waals surface area contributed by atoms with Crippen LogP contribution in [0.4, 0.5) is 0 Å². The van der Waals surface area contributed by atoms with Gasteiger partial charge in [0, 0.05) is 14.6 Å². The Hall–Kier alpha value is -0.350. The van der Waals surface area contributed by atoms with E-state index in [1.165, 1.54) is 41.0 Å². The van der Waals surface area contributed by atoms with Gasteiger partial charge in [0.05, 0.1) is 10.4 Å². The van der Waals surface area contributed by atoms with Crippen molar-refractivity contribution in [3.05, 3.63) is 42.2 Å². The fourth-order valence-corrected chi connectivity index (χ4v) is 5.65. The van der Waals surface area contributed by atoms with E-state index in [1.807, 2.05) is 11.3 Å². The van der Waals surface area contributed by atoms with E-state index in [9.17, 15) is 0 Å². The molecule has 114 valence electrons. The maximum Gasteiger partial charge on any atom is 0.0961 e. The van der Waals surface area contributed by atoms with Crippen LogP contribution in [0.25, 0.3) is 0 Å². The molecule has 0 fully saturated rings. The summed E-state index contributed by atoms with van der Waals surface area (Å²) in [5.41, 5.74) is 2.78. The van der Waals surface area contributed by atoms with Crippen LogP contribution in [-0.4, -0.2) is 6.54 Å². The first-order chi connectivity index (χ1) is 10.2. The van der Waals surface area contributed by atoms with E-state index in [-0.39, 0.29) is 0 Å². The number of hydrogen-bond donors (Lipinski definition) is 1. The van der Waals surface area contributed by atoms with E-state index in [4.69, 9.17) is 11.6 Å². The Bertz CT molecular complexity index is 571. The molecule has 0 spiro atoms. The minimum Gasteiger partial charge on any atom is -0.305 e. The van der Waals surface area contributed by atoms with Crippen molar-refractivity contribution in [1.82, 2.24) is 5.32 Å². The van der Waals surface area contributed by atoms with Crippen molar-refractivity contribution in [3.63, 3.8) is 0 Å². The highest BCUT2D eigenvalue weighted by Crippen LogP contribution is 2.39. The first-order valence-electron chi connectivity index (χ1n) is 7.79. The van der Waals surface area contributed by atoms with Crippen molar-refractivity contribution in [2.75, 3.05) is 6.54 Å². The van der Waals surface area contributed by atoms with Gasteiger partial charge in [-0.2, -0.15) is 0 Å². The first kappa shape index (κ1) is 15.5. The topological polar surface area (TPSA) is 12.0 Å². The van der Waals surface area contributed by atoms with Crippen LogP contribution in [-0.2, 0) is 12.8 Å². The van der Waals surface area contributed by atoms with Gasteiger partial charge >= 0.3 is 0 Å². The minimum atomic E-state index is 0.316. The predicted octanol–water partition coefficient (Wildman–Crippen LogP) is 5.74. The van der Waals surface area contributed by atoms with Crippen LogP contribution in [0.15, 0.2) is 12.1 Å². The smallest absolute Gasteiger partial charge is 0.0961 e. The van der Waals surface area contributed by atoms with Gasteiger partial charge in [0.1, 0.15) is 0 Å². The third kappa shape index (κ3) is 3.37. The fourth-order valence-electron chi connectivity index (χ4n) is 2.91. The monoisotopic (exact) mass is 339 g/mol. The SMILES string of the molecule is CCCNC(c1cc(C)c(Cl)s1)c1cc2c(s1)CCCC2. The molecule has 1 atom stereocenters. The molecule has 1 unspecified atom stereocenters. The second-order valence-corrected chi connectivity index (χ2v) is 8.65. The van der Waals surface area contributed by atoms with Gasteiger partial charge in [0.25, 0.3) is 0 Å². The zero-order valence-corrected chi connectivity index (χ0v) is 15.1. The number of aryl methyl sites for hydroxylation is 3. The molecule has 2 heterocycles. The van der Waals surface area contributed by atoms with Crippen LogP contribution in [0, 0.1) is 6.92 Å². The van der Waals surface area contributed by atoms with Crippen LogP contribution < -0.4 is 5.32 Å². The number of thiophene rings is 2. The Balaban J connectivity index is 1.92. The number of halogens is 1. The summed E-state index contributed by atoms with van der Waals surface area (Å²) in [6, 6.07) is 5.01. The van der Waals surface area contributed by atoms with Crippen molar-refractivity contribution in [1.29, 1.82) is 0 Å². The van der Waals surface area contributed by atoms with Gasteiger partial charge < -0.3 is 5.32 Å². The second-order valence-electron chi connectivity index (χ2n) is 5.80. The quantitative estimate of drug-likeness (QED) is 0.732. The first-order valence-corrected chi connectivity index (χ1v) is 9.80. The third-order valence-corrected chi connectivity index (χ3v) is 6.98. The molecule has 1 N–H and O–H groups in total.